The maximum absolute atomic E-state index is 5.70. The minimum Gasteiger partial charge on any atom is -0.493 e. The lowest BCUT2D eigenvalue weighted by Gasteiger charge is -2.10. The maximum Gasteiger partial charge on any atom is 0.197 e. The van der Waals surface area contributed by atoms with Gasteiger partial charge in [0.2, 0.25) is 0 Å². The molecule has 1 aromatic carbocycles. The number of aromatic nitrogens is 1. The Balaban J connectivity index is 2.10. The molecule has 0 amide bonds. The van der Waals surface area contributed by atoms with Crippen molar-refractivity contribution in [2.24, 2.45) is 0 Å². The van der Waals surface area contributed by atoms with Gasteiger partial charge in [-0.15, -0.1) is 0 Å². The molecule has 20 heavy (non-hydrogen) atoms. The van der Waals surface area contributed by atoms with E-state index in [2.05, 4.69) is 9.69 Å². The molecule has 108 valence electrons. The van der Waals surface area contributed by atoms with Crippen LogP contribution in [0.5, 0.6) is 17.2 Å². The average Bonchev–Trinajstić information content (AvgIpc) is 2.84. The normalized spacial score (nSPS) is 10.2. The van der Waals surface area contributed by atoms with Gasteiger partial charge >= 0.3 is 0 Å². The summed E-state index contributed by atoms with van der Waals surface area (Å²) in [4.78, 5) is 0. The van der Waals surface area contributed by atoms with Crippen molar-refractivity contribution in [1.82, 2.24) is 4.37 Å². The molecule has 0 atom stereocenters. The van der Waals surface area contributed by atoms with Crippen molar-refractivity contribution in [3.63, 3.8) is 0 Å². The molecule has 0 fully saturated rings. The number of hydrogen-bond donors (Lipinski definition) is 2. The zero-order chi connectivity index (χ0) is 14.5. The second-order valence-electron chi connectivity index (χ2n) is 3.97. The number of anilines is 2. The van der Waals surface area contributed by atoms with Crippen LogP contribution in [0.25, 0.3) is 0 Å². The van der Waals surface area contributed by atoms with Crippen LogP contribution in [0.4, 0.5) is 10.8 Å². The average molecular weight is 295 g/mol. The van der Waals surface area contributed by atoms with Crippen molar-refractivity contribution in [3.05, 3.63) is 23.8 Å². The van der Waals surface area contributed by atoms with E-state index < -0.39 is 0 Å². The summed E-state index contributed by atoms with van der Waals surface area (Å²) in [7, 11) is 4.80. The summed E-state index contributed by atoms with van der Waals surface area (Å²) in [6, 6.07) is 5.75. The number of ether oxygens (including phenoxy) is 3. The van der Waals surface area contributed by atoms with Gasteiger partial charge < -0.3 is 25.3 Å². The predicted octanol–water partition coefficient (Wildman–Crippen LogP) is 2.36. The molecule has 0 spiro atoms. The van der Waals surface area contributed by atoms with E-state index in [0.29, 0.717) is 29.6 Å². The van der Waals surface area contributed by atoms with Crippen molar-refractivity contribution < 1.29 is 14.2 Å². The van der Waals surface area contributed by atoms with E-state index in [-0.39, 0.29) is 0 Å². The summed E-state index contributed by atoms with van der Waals surface area (Å²) in [5.74, 6) is 2.38. The van der Waals surface area contributed by atoms with E-state index in [1.165, 1.54) is 11.5 Å². The van der Waals surface area contributed by atoms with Gasteiger partial charge in [-0.25, -0.2) is 0 Å². The van der Waals surface area contributed by atoms with E-state index in [9.17, 15) is 0 Å². The van der Waals surface area contributed by atoms with E-state index >= 15 is 0 Å². The molecule has 0 aliphatic carbocycles. The first kappa shape index (κ1) is 14.3. The highest BCUT2D eigenvalue weighted by atomic mass is 32.1. The Kier molecular flexibility index (Phi) is 4.52. The van der Waals surface area contributed by atoms with Gasteiger partial charge in [0.05, 0.1) is 21.3 Å². The number of rotatable bonds is 6. The summed E-state index contributed by atoms with van der Waals surface area (Å²) >= 11 is 1.27. The summed E-state index contributed by atoms with van der Waals surface area (Å²) in [6.07, 6.45) is 0. The van der Waals surface area contributed by atoms with Crippen molar-refractivity contribution in [2.75, 3.05) is 32.4 Å². The van der Waals surface area contributed by atoms with Crippen LogP contribution in [0.3, 0.4) is 0 Å². The lowest BCUT2D eigenvalue weighted by atomic mass is 10.2. The number of hydrogen-bond acceptors (Lipinski definition) is 7. The molecule has 3 N–H and O–H groups in total. The van der Waals surface area contributed by atoms with E-state index in [0.717, 1.165) is 10.6 Å². The molecular formula is C13H17N3O3S. The van der Waals surface area contributed by atoms with E-state index in [1.54, 1.807) is 21.3 Å². The molecular weight excluding hydrogens is 278 g/mol. The lowest BCUT2D eigenvalue weighted by Crippen LogP contribution is -2.01. The zero-order valence-corrected chi connectivity index (χ0v) is 12.4. The Bertz CT molecular complexity index is 586. The SMILES string of the molecule is COc1ccc(CNc2snc(N)c2OC)cc1OC. The highest BCUT2D eigenvalue weighted by molar-refractivity contribution is 7.11. The highest BCUT2D eigenvalue weighted by Crippen LogP contribution is 2.35. The summed E-state index contributed by atoms with van der Waals surface area (Å²) in [5.41, 5.74) is 6.75. The minimum absolute atomic E-state index is 0.396. The predicted molar refractivity (Wildman–Crippen MR) is 80.0 cm³/mol. The maximum atomic E-state index is 5.70. The molecule has 0 saturated carbocycles. The molecule has 0 aliphatic heterocycles. The van der Waals surface area contributed by atoms with Crippen LogP contribution in [0, 0.1) is 0 Å². The van der Waals surface area contributed by atoms with E-state index in [4.69, 9.17) is 19.9 Å². The lowest BCUT2D eigenvalue weighted by molar-refractivity contribution is 0.354. The van der Waals surface area contributed by atoms with Crippen LogP contribution >= 0.6 is 11.5 Å². The van der Waals surface area contributed by atoms with Crippen molar-refractivity contribution >= 4 is 22.4 Å². The Hall–Kier alpha value is -2.15. The fourth-order valence-corrected chi connectivity index (χ4v) is 2.46. The first-order valence-electron chi connectivity index (χ1n) is 5.93. The number of nitrogens with zero attached hydrogens (tertiary/aromatic N) is 1. The molecule has 2 rings (SSSR count). The Morgan fingerprint density at radius 3 is 2.55 bits per heavy atom. The van der Waals surface area contributed by atoms with Gasteiger partial charge in [-0.1, -0.05) is 6.07 Å². The third-order valence-corrected chi connectivity index (χ3v) is 3.58. The van der Waals surface area contributed by atoms with Crippen LogP contribution in [0.2, 0.25) is 0 Å². The van der Waals surface area contributed by atoms with Crippen LogP contribution in [0.15, 0.2) is 18.2 Å². The van der Waals surface area contributed by atoms with Gasteiger partial charge in [-0.05, 0) is 29.2 Å². The fourth-order valence-electron chi connectivity index (χ4n) is 1.78. The number of nitrogens with two attached hydrogens (primary N) is 1. The molecule has 1 heterocycles. The van der Waals surface area contributed by atoms with Crippen molar-refractivity contribution in [3.8, 4) is 17.2 Å². The molecule has 2 aromatic rings. The van der Waals surface area contributed by atoms with Crippen LogP contribution in [-0.4, -0.2) is 25.7 Å². The summed E-state index contributed by atoms with van der Waals surface area (Å²) < 4.78 is 19.7. The molecule has 0 radical (unpaired) electrons. The summed E-state index contributed by atoms with van der Waals surface area (Å²) in [5, 5.41) is 4.05. The quantitative estimate of drug-likeness (QED) is 0.851. The molecule has 6 nitrogen and oxygen atoms in total. The molecule has 0 unspecified atom stereocenters. The second-order valence-corrected chi connectivity index (χ2v) is 4.75. The first-order chi connectivity index (χ1) is 9.69. The molecule has 0 saturated heterocycles. The van der Waals surface area contributed by atoms with Crippen molar-refractivity contribution in [2.45, 2.75) is 6.54 Å². The van der Waals surface area contributed by atoms with Crippen LogP contribution < -0.4 is 25.3 Å². The van der Waals surface area contributed by atoms with Gasteiger partial charge in [0.1, 0.15) is 0 Å². The standard InChI is InChI=1S/C13H17N3O3S/c1-17-9-5-4-8(6-10(9)18-2)7-15-13-11(19-3)12(14)16-20-13/h4-6,15H,7H2,1-3H3,(H2,14,16). The van der Waals surface area contributed by atoms with Gasteiger partial charge in [-0.2, -0.15) is 4.37 Å². The first-order valence-corrected chi connectivity index (χ1v) is 6.70. The molecule has 0 aliphatic rings. The van der Waals surface area contributed by atoms with Gasteiger partial charge in [0, 0.05) is 6.54 Å². The Morgan fingerprint density at radius 1 is 1.15 bits per heavy atom. The van der Waals surface area contributed by atoms with Crippen LogP contribution in [-0.2, 0) is 6.54 Å². The third-order valence-electron chi connectivity index (χ3n) is 2.78. The highest BCUT2D eigenvalue weighted by Gasteiger charge is 2.12. The Morgan fingerprint density at radius 2 is 1.90 bits per heavy atom. The van der Waals surface area contributed by atoms with Gasteiger partial charge in [-0.3, -0.25) is 0 Å². The van der Waals surface area contributed by atoms with Crippen molar-refractivity contribution in [1.29, 1.82) is 0 Å². The van der Waals surface area contributed by atoms with Gasteiger partial charge in [0.25, 0.3) is 0 Å². The summed E-state index contributed by atoms with van der Waals surface area (Å²) in [6.45, 7) is 0.609. The van der Waals surface area contributed by atoms with E-state index in [1.807, 2.05) is 18.2 Å². The molecule has 1 aromatic heterocycles. The number of benzene rings is 1. The fraction of sp³-hybridized carbons (Fsp3) is 0.308. The Labute approximate surface area is 121 Å². The monoisotopic (exact) mass is 295 g/mol. The second kappa shape index (κ2) is 6.33. The van der Waals surface area contributed by atoms with Gasteiger partial charge in [0.15, 0.2) is 28.1 Å². The minimum atomic E-state index is 0.396. The largest absolute Gasteiger partial charge is 0.493 e. The number of nitrogen functional groups attached to an aromatic ring is 1. The smallest absolute Gasteiger partial charge is 0.197 e. The molecule has 0 bridgehead atoms. The van der Waals surface area contributed by atoms with Crippen LogP contribution in [0.1, 0.15) is 5.56 Å². The molecule has 7 heteroatoms. The number of nitrogens with one attached hydrogen (secondary N) is 1. The third kappa shape index (κ3) is 2.88. The zero-order valence-electron chi connectivity index (χ0n) is 11.6. The number of methoxy groups -OCH3 is 3. The topological polar surface area (TPSA) is 78.6 Å².